The molecule has 2 atom stereocenters. The van der Waals surface area contributed by atoms with Crippen LogP contribution in [0, 0.1) is 0 Å². The van der Waals surface area contributed by atoms with Crippen LogP contribution in [-0.4, -0.2) is 79.2 Å². The lowest BCUT2D eigenvalue weighted by molar-refractivity contribution is -0.117. The summed E-state index contributed by atoms with van der Waals surface area (Å²) >= 11 is 0. The minimum absolute atomic E-state index is 0.0357. The summed E-state index contributed by atoms with van der Waals surface area (Å²) in [4.78, 5) is 35.0. The molecule has 2 aliphatic rings. The summed E-state index contributed by atoms with van der Waals surface area (Å²) in [5.41, 5.74) is 5.53. The second-order valence-corrected chi connectivity index (χ2v) is 12.4. The van der Waals surface area contributed by atoms with Crippen molar-refractivity contribution in [2.75, 3.05) is 39.3 Å². The highest BCUT2D eigenvalue weighted by Crippen LogP contribution is 2.41. The van der Waals surface area contributed by atoms with Gasteiger partial charge in [0.1, 0.15) is 12.2 Å². The van der Waals surface area contributed by atoms with Crippen molar-refractivity contribution in [3.05, 3.63) is 0 Å². The van der Waals surface area contributed by atoms with Crippen LogP contribution in [-0.2, 0) is 23.4 Å². The highest BCUT2D eigenvalue weighted by Gasteiger charge is 2.35. The summed E-state index contributed by atoms with van der Waals surface area (Å²) in [6.45, 7) is 3.62. The third-order valence-electron chi connectivity index (χ3n) is 6.98. The van der Waals surface area contributed by atoms with Crippen LogP contribution in [0.25, 0.3) is 0 Å². The zero-order valence-electron chi connectivity index (χ0n) is 24.5. The van der Waals surface area contributed by atoms with E-state index in [1.807, 2.05) is 0 Å². The number of aliphatic imine (C=N–C) groups is 3. The molecule has 0 aliphatic carbocycles. The number of rotatable bonds is 26. The number of unbranched alkanes of at least 4 members (excludes halogenated alkanes) is 15. The van der Waals surface area contributed by atoms with Gasteiger partial charge in [0.15, 0.2) is 6.04 Å². The van der Waals surface area contributed by atoms with E-state index in [2.05, 4.69) is 21.9 Å². The highest BCUT2D eigenvalue weighted by molar-refractivity contribution is 7.52. The van der Waals surface area contributed by atoms with Crippen LogP contribution >= 0.6 is 7.60 Å². The molecule has 2 unspecified atom stereocenters. The summed E-state index contributed by atoms with van der Waals surface area (Å²) in [6, 6.07) is -0.779. The third-order valence-corrected chi connectivity index (χ3v) is 8.07. The van der Waals surface area contributed by atoms with E-state index < -0.39 is 25.9 Å². The van der Waals surface area contributed by atoms with Crippen LogP contribution in [0.15, 0.2) is 15.0 Å². The van der Waals surface area contributed by atoms with E-state index in [0.717, 1.165) is 12.8 Å². The number of carbonyl (C=O) groups is 1. The van der Waals surface area contributed by atoms with Crippen LogP contribution in [0.1, 0.15) is 110 Å². The molecule has 230 valence electrons. The molecule has 2 aliphatic heterocycles. The Morgan fingerprint density at radius 2 is 1.40 bits per heavy atom. The van der Waals surface area contributed by atoms with Crippen molar-refractivity contribution in [1.29, 1.82) is 0 Å². The van der Waals surface area contributed by atoms with E-state index >= 15 is 0 Å². The predicted molar refractivity (Wildman–Crippen MR) is 160 cm³/mol. The van der Waals surface area contributed by atoms with Crippen molar-refractivity contribution in [3.63, 3.8) is 0 Å². The SMILES string of the molecule is CCCCCCCCCCCCCCCCCCOCCOP(=O)(O)COCCN1C=NC2C(=O)N=C(N)N=C21. The zero-order valence-corrected chi connectivity index (χ0v) is 25.4. The third kappa shape index (κ3) is 15.4. The fourth-order valence-corrected chi connectivity index (χ4v) is 5.49. The maximum Gasteiger partial charge on any atom is 0.353 e. The molecule has 40 heavy (non-hydrogen) atoms. The molecule has 0 radical (unpaired) electrons. The minimum Gasteiger partial charge on any atom is -0.379 e. The van der Waals surface area contributed by atoms with Crippen LogP contribution < -0.4 is 5.73 Å². The van der Waals surface area contributed by atoms with Crippen LogP contribution in [0.5, 0.6) is 0 Å². The monoisotopic (exact) mass is 585 g/mol. The Hall–Kier alpha value is -1.65. The molecule has 0 aromatic rings. The summed E-state index contributed by atoms with van der Waals surface area (Å²) < 4.78 is 28.0. The predicted octanol–water partition coefficient (Wildman–Crippen LogP) is 5.41. The minimum atomic E-state index is -3.87. The quantitative estimate of drug-likeness (QED) is 0.101. The number of hydrogen-bond acceptors (Lipinski definition) is 9. The van der Waals surface area contributed by atoms with E-state index in [4.69, 9.17) is 19.7 Å². The number of ether oxygens (including phenoxy) is 2. The summed E-state index contributed by atoms with van der Waals surface area (Å²) in [7, 11) is -3.87. The van der Waals surface area contributed by atoms with Crippen LogP contribution in [0.3, 0.4) is 0 Å². The molecule has 2 rings (SSSR count). The van der Waals surface area contributed by atoms with E-state index in [1.54, 1.807) is 4.90 Å². The number of hydrogen-bond donors (Lipinski definition) is 2. The fourth-order valence-electron chi connectivity index (χ4n) is 4.69. The normalized spacial score (nSPS) is 18.1. The first kappa shape index (κ1) is 34.6. The number of guanidine groups is 1. The molecule has 2 heterocycles. The van der Waals surface area contributed by atoms with Crippen molar-refractivity contribution in [2.24, 2.45) is 20.7 Å². The first-order valence-corrected chi connectivity index (χ1v) is 17.1. The molecule has 12 heteroatoms. The lowest BCUT2D eigenvalue weighted by Gasteiger charge is -2.20. The van der Waals surface area contributed by atoms with Gasteiger partial charge in [0, 0.05) is 13.2 Å². The molecule has 0 fully saturated rings. The molecule has 0 saturated heterocycles. The molecule has 0 aromatic carbocycles. The van der Waals surface area contributed by atoms with Gasteiger partial charge in [0.25, 0.3) is 5.91 Å². The molecule has 0 spiro atoms. The lowest BCUT2D eigenvalue weighted by Crippen LogP contribution is -2.41. The van der Waals surface area contributed by atoms with Gasteiger partial charge < -0.3 is 29.5 Å². The summed E-state index contributed by atoms with van der Waals surface area (Å²) in [6.07, 6.45) is 22.3. The van der Waals surface area contributed by atoms with Crippen molar-refractivity contribution >= 4 is 31.6 Å². The number of carbonyl (C=O) groups excluding carboxylic acids is 1. The van der Waals surface area contributed by atoms with Gasteiger partial charge >= 0.3 is 7.60 Å². The largest absolute Gasteiger partial charge is 0.379 e. The Balaban J connectivity index is 1.32. The van der Waals surface area contributed by atoms with E-state index in [1.165, 1.54) is 96.2 Å². The molecule has 11 nitrogen and oxygen atoms in total. The number of nitrogens with two attached hydrogens (primary N) is 1. The molecule has 1 amide bonds. The zero-order chi connectivity index (χ0) is 28.9. The van der Waals surface area contributed by atoms with Gasteiger partial charge in [-0.2, -0.15) is 9.98 Å². The van der Waals surface area contributed by atoms with Crippen molar-refractivity contribution in [2.45, 2.75) is 116 Å². The van der Waals surface area contributed by atoms with Gasteiger partial charge in [-0.3, -0.25) is 14.4 Å². The lowest BCUT2D eigenvalue weighted by atomic mass is 10.0. The first-order chi connectivity index (χ1) is 19.4. The molecule has 0 aromatic heterocycles. The summed E-state index contributed by atoms with van der Waals surface area (Å²) in [5, 5.41) is 0. The fraction of sp³-hybridized carbons (Fsp3) is 0.857. The Morgan fingerprint density at radius 3 is 2.00 bits per heavy atom. The maximum atomic E-state index is 12.1. The van der Waals surface area contributed by atoms with E-state index in [-0.39, 0.29) is 25.8 Å². The van der Waals surface area contributed by atoms with Gasteiger partial charge in [-0.1, -0.05) is 103 Å². The van der Waals surface area contributed by atoms with Gasteiger partial charge in [-0.05, 0) is 6.42 Å². The van der Waals surface area contributed by atoms with Crippen molar-refractivity contribution in [3.8, 4) is 0 Å². The Labute approximate surface area is 240 Å². The molecular weight excluding hydrogens is 533 g/mol. The van der Waals surface area contributed by atoms with Crippen LogP contribution in [0.4, 0.5) is 0 Å². The standard InChI is InChI=1S/C28H52N5O6P/c1-2-3-4-5-6-7-8-9-10-11-12-13-14-15-16-17-19-37-21-22-39-40(35,36)24-38-20-18-33-23-30-25-26(33)31-28(29)32-27(25)34/h23,25H,2-22,24H2,1H3,(H,35,36)(H2,29,32,34). The van der Waals surface area contributed by atoms with E-state index in [0.29, 0.717) is 19.0 Å². The molecule has 0 saturated carbocycles. The second-order valence-electron chi connectivity index (χ2n) is 10.6. The molecule has 3 N–H and O–H groups in total. The number of fused-ring (bicyclic) bond motifs is 1. The van der Waals surface area contributed by atoms with Gasteiger partial charge in [0.2, 0.25) is 5.96 Å². The molecular formula is C28H52N5O6P. The smallest absolute Gasteiger partial charge is 0.353 e. The second kappa shape index (κ2) is 21.1. The van der Waals surface area contributed by atoms with Crippen molar-refractivity contribution < 1.29 is 28.3 Å². The average molecular weight is 586 g/mol. The van der Waals surface area contributed by atoms with Gasteiger partial charge in [-0.25, -0.2) is 0 Å². The topological polar surface area (TPSA) is 148 Å². The first-order valence-electron chi connectivity index (χ1n) is 15.3. The summed E-state index contributed by atoms with van der Waals surface area (Å²) in [5.74, 6) is -0.198. The van der Waals surface area contributed by atoms with Crippen molar-refractivity contribution in [1.82, 2.24) is 4.90 Å². The average Bonchev–Trinajstić information content (AvgIpc) is 3.33. The Bertz CT molecular complexity index is 853. The maximum absolute atomic E-state index is 12.1. The molecule has 0 bridgehead atoms. The number of amides is 1. The number of amidine groups is 1. The van der Waals surface area contributed by atoms with E-state index in [9.17, 15) is 14.3 Å². The van der Waals surface area contributed by atoms with Gasteiger partial charge in [0.05, 0.1) is 26.2 Å². The Morgan fingerprint density at radius 1 is 0.825 bits per heavy atom. The highest BCUT2D eigenvalue weighted by atomic mass is 31.2. The van der Waals surface area contributed by atoms with Gasteiger partial charge in [-0.15, -0.1) is 0 Å². The Kier molecular flexibility index (Phi) is 18.2. The van der Waals surface area contributed by atoms with Crippen LogP contribution in [0.2, 0.25) is 0 Å². The number of nitrogens with zero attached hydrogens (tertiary/aromatic N) is 4.